The molecule has 1 fully saturated rings. The van der Waals surface area contributed by atoms with Crippen molar-refractivity contribution >= 4 is 11.6 Å². The molecule has 0 aromatic heterocycles. The number of nitro benzene ring substituents is 1. The van der Waals surface area contributed by atoms with Crippen molar-refractivity contribution in [3.63, 3.8) is 0 Å². The lowest BCUT2D eigenvalue weighted by molar-refractivity contribution is -0.385. The second-order valence-corrected chi connectivity index (χ2v) is 4.70. The number of rotatable bonds is 3. The molecule has 1 amide bonds. The van der Waals surface area contributed by atoms with Crippen molar-refractivity contribution in [2.75, 3.05) is 26.7 Å². The van der Waals surface area contributed by atoms with E-state index in [0.29, 0.717) is 12.1 Å². The van der Waals surface area contributed by atoms with Crippen LogP contribution in [-0.2, 0) is 0 Å². The van der Waals surface area contributed by atoms with Crippen LogP contribution in [0.25, 0.3) is 0 Å². The van der Waals surface area contributed by atoms with Gasteiger partial charge in [-0.15, -0.1) is 0 Å². The fourth-order valence-corrected chi connectivity index (χ4v) is 2.27. The first-order chi connectivity index (χ1) is 9.54. The van der Waals surface area contributed by atoms with Gasteiger partial charge in [0.15, 0.2) is 5.75 Å². The second kappa shape index (κ2) is 5.87. The Balaban J connectivity index is 2.30. The Morgan fingerprint density at radius 1 is 1.55 bits per heavy atom. The van der Waals surface area contributed by atoms with Gasteiger partial charge < -0.3 is 15.0 Å². The van der Waals surface area contributed by atoms with Gasteiger partial charge in [0.2, 0.25) is 0 Å². The van der Waals surface area contributed by atoms with E-state index in [0.717, 1.165) is 13.1 Å². The van der Waals surface area contributed by atoms with Crippen LogP contribution in [0.15, 0.2) is 18.2 Å². The summed E-state index contributed by atoms with van der Waals surface area (Å²) in [4.78, 5) is 24.6. The predicted molar refractivity (Wildman–Crippen MR) is 73.0 cm³/mol. The number of piperazine rings is 1. The van der Waals surface area contributed by atoms with Gasteiger partial charge in [-0.25, -0.2) is 0 Å². The molecular formula is C13H17N3O4. The molecule has 1 aromatic rings. The number of amides is 1. The summed E-state index contributed by atoms with van der Waals surface area (Å²) in [5.41, 5.74) is 0.118. The average molecular weight is 279 g/mol. The molecule has 20 heavy (non-hydrogen) atoms. The summed E-state index contributed by atoms with van der Waals surface area (Å²) in [7, 11) is 1.36. The highest BCUT2D eigenvalue weighted by molar-refractivity contribution is 5.95. The van der Waals surface area contributed by atoms with Crippen molar-refractivity contribution in [2.45, 2.75) is 13.0 Å². The standard InChI is InChI=1S/C13H17N3O4/c1-9-8-14-5-6-15(9)13(17)10-3-4-12(20-2)11(7-10)16(18)19/h3-4,7,9,14H,5-6,8H2,1-2H3/t9-/m1/s1. The Labute approximate surface area is 116 Å². The highest BCUT2D eigenvalue weighted by Crippen LogP contribution is 2.28. The van der Waals surface area contributed by atoms with E-state index < -0.39 is 4.92 Å². The maximum atomic E-state index is 12.4. The smallest absolute Gasteiger partial charge is 0.311 e. The van der Waals surface area contributed by atoms with Gasteiger partial charge in [0.1, 0.15) is 0 Å². The number of carbonyl (C=O) groups excluding carboxylic acids is 1. The summed E-state index contributed by atoms with van der Waals surface area (Å²) in [6.45, 7) is 4.00. The molecule has 0 radical (unpaired) electrons. The third-order valence-corrected chi connectivity index (χ3v) is 3.38. The normalized spacial score (nSPS) is 18.7. The van der Waals surface area contributed by atoms with E-state index in [1.165, 1.54) is 19.2 Å². The highest BCUT2D eigenvalue weighted by atomic mass is 16.6. The number of carbonyl (C=O) groups is 1. The van der Waals surface area contributed by atoms with Crippen LogP contribution in [0, 0.1) is 10.1 Å². The summed E-state index contributed by atoms with van der Waals surface area (Å²) in [5.74, 6) is -0.0373. The zero-order valence-corrected chi connectivity index (χ0v) is 11.5. The number of hydrogen-bond donors (Lipinski definition) is 1. The van der Waals surface area contributed by atoms with E-state index in [1.807, 2.05) is 6.92 Å². The topological polar surface area (TPSA) is 84.7 Å². The molecule has 2 rings (SSSR count). The molecule has 7 heteroatoms. The third kappa shape index (κ3) is 2.72. The predicted octanol–water partition coefficient (Wildman–Crippen LogP) is 1.04. The van der Waals surface area contributed by atoms with Gasteiger partial charge >= 0.3 is 5.69 Å². The molecular weight excluding hydrogens is 262 g/mol. The number of methoxy groups -OCH3 is 1. The number of benzene rings is 1. The first-order valence-electron chi connectivity index (χ1n) is 6.38. The molecule has 7 nitrogen and oxygen atoms in total. The first kappa shape index (κ1) is 14.3. The summed E-state index contributed by atoms with van der Waals surface area (Å²) in [6, 6.07) is 4.36. The van der Waals surface area contributed by atoms with Crippen molar-refractivity contribution in [1.29, 1.82) is 0 Å². The minimum absolute atomic E-state index is 0.0670. The Morgan fingerprint density at radius 3 is 2.90 bits per heavy atom. The van der Waals surface area contributed by atoms with Crippen molar-refractivity contribution in [2.24, 2.45) is 0 Å². The van der Waals surface area contributed by atoms with Crippen LogP contribution >= 0.6 is 0 Å². The molecule has 0 aliphatic carbocycles. The van der Waals surface area contributed by atoms with Crippen LogP contribution in [0.2, 0.25) is 0 Å². The van der Waals surface area contributed by atoms with Crippen LogP contribution in [-0.4, -0.2) is 48.5 Å². The molecule has 108 valence electrons. The molecule has 0 spiro atoms. The van der Waals surface area contributed by atoms with Gasteiger partial charge in [0.05, 0.1) is 12.0 Å². The van der Waals surface area contributed by atoms with Crippen molar-refractivity contribution in [3.8, 4) is 5.75 Å². The number of nitro groups is 1. The lowest BCUT2D eigenvalue weighted by atomic mass is 10.1. The molecule has 1 aliphatic rings. The monoisotopic (exact) mass is 279 g/mol. The summed E-state index contributed by atoms with van der Waals surface area (Å²) in [5, 5.41) is 14.2. The fourth-order valence-electron chi connectivity index (χ4n) is 2.27. The summed E-state index contributed by atoms with van der Waals surface area (Å²) in [6.07, 6.45) is 0. The molecule has 0 saturated carbocycles. The van der Waals surface area contributed by atoms with Crippen LogP contribution < -0.4 is 10.1 Å². The summed E-state index contributed by atoms with van der Waals surface area (Å²) >= 11 is 0. The average Bonchev–Trinajstić information content (AvgIpc) is 2.46. The van der Waals surface area contributed by atoms with E-state index >= 15 is 0 Å². The second-order valence-electron chi connectivity index (χ2n) is 4.70. The van der Waals surface area contributed by atoms with Crippen molar-refractivity contribution in [3.05, 3.63) is 33.9 Å². The largest absolute Gasteiger partial charge is 0.490 e. The van der Waals surface area contributed by atoms with Gasteiger partial charge in [-0.3, -0.25) is 14.9 Å². The van der Waals surface area contributed by atoms with Crippen molar-refractivity contribution < 1.29 is 14.5 Å². The van der Waals surface area contributed by atoms with Gasteiger partial charge in [0, 0.05) is 37.3 Å². The van der Waals surface area contributed by atoms with Gasteiger partial charge in [0.25, 0.3) is 5.91 Å². The maximum Gasteiger partial charge on any atom is 0.311 e. The maximum absolute atomic E-state index is 12.4. The Morgan fingerprint density at radius 2 is 2.30 bits per heavy atom. The van der Waals surface area contributed by atoms with Crippen molar-refractivity contribution in [1.82, 2.24) is 10.2 Å². The van der Waals surface area contributed by atoms with E-state index in [-0.39, 0.29) is 23.4 Å². The molecule has 0 bridgehead atoms. The van der Waals surface area contributed by atoms with E-state index in [2.05, 4.69) is 5.32 Å². The molecule has 1 aromatic carbocycles. The van der Waals surface area contributed by atoms with Crippen LogP contribution in [0.4, 0.5) is 5.69 Å². The number of nitrogens with zero attached hydrogens (tertiary/aromatic N) is 2. The van der Waals surface area contributed by atoms with E-state index in [4.69, 9.17) is 4.74 Å². The van der Waals surface area contributed by atoms with Gasteiger partial charge in [-0.1, -0.05) is 0 Å². The van der Waals surface area contributed by atoms with Crippen LogP contribution in [0.5, 0.6) is 5.75 Å². The summed E-state index contributed by atoms with van der Waals surface area (Å²) < 4.78 is 4.93. The van der Waals surface area contributed by atoms with E-state index in [9.17, 15) is 14.9 Å². The minimum Gasteiger partial charge on any atom is -0.490 e. The lowest BCUT2D eigenvalue weighted by Crippen LogP contribution is -2.52. The number of ether oxygens (including phenoxy) is 1. The molecule has 1 saturated heterocycles. The molecule has 1 aliphatic heterocycles. The zero-order valence-electron chi connectivity index (χ0n) is 11.5. The SMILES string of the molecule is COc1ccc(C(=O)N2CCNC[C@H]2C)cc1[N+](=O)[O-]. The third-order valence-electron chi connectivity index (χ3n) is 3.38. The lowest BCUT2D eigenvalue weighted by Gasteiger charge is -2.34. The Hall–Kier alpha value is -2.15. The van der Waals surface area contributed by atoms with Gasteiger partial charge in [-0.2, -0.15) is 0 Å². The Bertz CT molecular complexity index is 532. The van der Waals surface area contributed by atoms with Gasteiger partial charge in [-0.05, 0) is 19.1 Å². The first-order valence-corrected chi connectivity index (χ1v) is 6.38. The molecule has 1 N–H and O–H groups in total. The fraction of sp³-hybridized carbons (Fsp3) is 0.462. The van der Waals surface area contributed by atoms with Crippen LogP contribution in [0.3, 0.4) is 0 Å². The minimum atomic E-state index is -0.545. The molecule has 1 atom stereocenters. The number of nitrogens with one attached hydrogen (secondary N) is 1. The van der Waals surface area contributed by atoms with Crippen LogP contribution in [0.1, 0.15) is 17.3 Å². The zero-order chi connectivity index (χ0) is 14.7. The molecule has 0 unspecified atom stereocenters. The number of hydrogen-bond acceptors (Lipinski definition) is 5. The van der Waals surface area contributed by atoms with E-state index in [1.54, 1.807) is 11.0 Å². The Kier molecular flexibility index (Phi) is 4.19. The molecule has 1 heterocycles. The highest BCUT2D eigenvalue weighted by Gasteiger charge is 2.26. The quantitative estimate of drug-likeness (QED) is 0.660.